The third-order valence-corrected chi connectivity index (χ3v) is 1.68. The van der Waals surface area contributed by atoms with Gasteiger partial charge >= 0.3 is 0 Å². The molecule has 0 aliphatic carbocycles. The van der Waals surface area contributed by atoms with E-state index in [9.17, 15) is 4.39 Å². The molecule has 1 aromatic rings. The molecule has 0 heterocycles. The zero-order chi connectivity index (χ0) is 10.4. The summed E-state index contributed by atoms with van der Waals surface area (Å²) in [7, 11) is 0. The molecule has 0 aromatic heterocycles. The molecule has 0 fully saturated rings. The van der Waals surface area contributed by atoms with E-state index in [1.165, 1.54) is 6.07 Å². The fourth-order valence-corrected chi connectivity index (χ4v) is 1.01. The molecule has 0 bridgehead atoms. The van der Waals surface area contributed by atoms with E-state index in [4.69, 9.17) is 15.9 Å². The van der Waals surface area contributed by atoms with Gasteiger partial charge in [0, 0.05) is 6.42 Å². The van der Waals surface area contributed by atoms with Crippen LogP contribution in [0.15, 0.2) is 24.3 Å². The van der Waals surface area contributed by atoms with Gasteiger partial charge in [0.25, 0.3) is 0 Å². The Morgan fingerprint density at radius 3 is 2.79 bits per heavy atom. The fraction of sp³-hybridized carbons (Fsp3) is 0.300. The van der Waals surface area contributed by atoms with Crippen molar-refractivity contribution in [1.82, 2.24) is 0 Å². The quantitative estimate of drug-likeness (QED) is 0.429. The van der Waals surface area contributed by atoms with E-state index >= 15 is 0 Å². The van der Waals surface area contributed by atoms with Gasteiger partial charge in [-0.1, -0.05) is 12.1 Å². The van der Waals surface area contributed by atoms with Gasteiger partial charge in [-0.15, -0.1) is 0 Å². The minimum Gasteiger partial charge on any atom is -0.491 e. The largest absolute Gasteiger partial charge is 0.491 e. The molecule has 3 N–H and O–H groups in total. The van der Waals surface area contributed by atoms with Gasteiger partial charge in [-0.2, -0.15) is 0 Å². The second-order valence-corrected chi connectivity index (χ2v) is 2.91. The first-order chi connectivity index (χ1) is 6.70. The number of rotatable bonds is 5. The minimum absolute atomic E-state index is 0.127. The number of hydrogen-bond acceptors (Lipinski definition) is 2. The summed E-state index contributed by atoms with van der Waals surface area (Å²) in [6.07, 6.45) is 1.11. The monoisotopic (exact) mass is 196 g/mol. The molecular formula is C10H13FN2O. The maximum atomic E-state index is 13.0. The van der Waals surface area contributed by atoms with Crippen LogP contribution in [-0.2, 0) is 0 Å². The van der Waals surface area contributed by atoms with Gasteiger partial charge in [-0.3, -0.25) is 5.41 Å². The van der Waals surface area contributed by atoms with Crippen LogP contribution >= 0.6 is 0 Å². The molecule has 3 nitrogen and oxygen atoms in total. The fourth-order valence-electron chi connectivity index (χ4n) is 1.01. The SMILES string of the molecule is N=C(N)CCCOc1ccccc1F. The summed E-state index contributed by atoms with van der Waals surface area (Å²) < 4.78 is 18.1. The molecule has 0 saturated carbocycles. The Morgan fingerprint density at radius 1 is 1.43 bits per heavy atom. The van der Waals surface area contributed by atoms with Crippen LogP contribution in [-0.4, -0.2) is 12.4 Å². The van der Waals surface area contributed by atoms with Gasteiger partial charge in [0.05, 0.1) is 12.4 Å². The van der Waals surface area contributed by atoms with Crippen molar-refractivity contribution < 1.29 is 9.13 Å². The summed E-state index contributed by atoms with van der Waals surface area (Å²) in [6.45, 7) is 0.376. The van der Waals surface area contributed by atoms with Gasteiger partial charge in [-0.05, 0) is 18.6 Å². The number of hydrogen-bond donors (Lipinski definition) is 2. The second-order valence-electron chi connectivity index (χ2n) is 2.91. The Morgan fingerprint density at radius 2 is 2.14 bits per heavy atom. The molecule has 1 aromatic carbocycles. The lowest BCUT2D eigenvalue weighted by Crippen LogP contribution is -2.11. The summed E-state index contributed by atoms with van der Waals surface area (Å²) in [5, 5.41) is 6.97. The molecule has 0 unspecified atom stereocenters. The maximum Gasteiger partial charge on any atom is 0.165 e. The average Bonchev–Trinajstić information content (AvgIpc) is 2.15. The third kappa shape index (κ3) is 3.43. The van der Waals surface area contributed by atoms with Crippen LogP contribution < -0.4 is 10.5 Å². The number of amidine groups is 1. The Balaban J connectivity index is 2.31. The molecule has 0 spiro atoms. The first-order valence-electron chi connectivity index (χ1n) is 4.40. The van der Waals surface area contributed by atoms with Crippen LogP contribution in [0.25, 0.3) is 0 Å². The number of benzene rings is 1. The molecule has 0 radical (unpaired) electrons. The molecule has 0 atom stereocenters. The van der Waals surface area contributed by atoms with Gasteiger partial charge in [-0.25, -0.2) is 4.39 Å². The molecule has 4 heteroatoms. The molecule has 0 aliphatic rings. The highest BCUT2D eigenvalue weighted by atomic mass is 19.1. The van der Waals surface area contributed by atoms with Gasteiger partial charge < -0.3 is 10.5 Å². The molecule has 0 aliphatic heterocycles. The van der Waals surface area contributed by atoms with Crippen molar-refractivity contribution in [3.63, 3.8) is 0 Å². The Bertz CT molecular complexity index is 315. The number of nitrogens with two attached hydrogens (primary N) is 1. The van der Waals surface area contributed by atoms with E-state index in [-0.39, 0.29) is 17.4 Å². The van der Waals surface area contributed by atoms with E-state index in [0.29, 0.717) is 19.4 Å². The van der Waals surface area contributed by atoms with Crippen molar-refractivity contribution in [3.05, 3.63) is 30.1 Å². The van der Waals surface area contributed by atoms with Crippen molar-refractivity contribution in [2.45, 2.75) is 12.8 Å². The summed E-state index contributed by atoms with van der Waals surface area (Å²) in [5.74, 6) is 0.00788. The Labute approximate surface area is 82.2 Å². The van der Waals surface area contributed by atoms with Crippen molar-refractivity contribution in [2.75, 3.05) is 6.61 Å². The first kappa shape index (κ1) is 10.5. The summed E-state index contributed by atoms with van der Waals surface area (Å²) in [6, 6.07) is 6.24. The van der Waals surface area contributed by atoms with E-state index in [1.807, 2.05) is 0 Å². The third-order valence-electron chi connectivity index (χ3n) is 1.68. The molecular weight excluding hydrogens is 183 g/mol. The number of para-hydroxylation sites is 1. The smallest absolute Gasteiger partial charge is 0.165 e. The van der Waals surface area contributed by atoms with Gasteiger partial charge in [0.15, 0.2) is 11.6 Å². The second kappa shape index (κ2) is 5.21. The normalized spacial score (nSPS) is 9.79. The van der Waals surface area contributed by atoms with Crippen LogP contribution in [0.4, 0.5) is 4.39 Å². The van der Waals surface area contributed by atoms with Crippen LogP contribution in [0.1, 0.15) is 12.8 Å². The maximum absolute atomic E-state index is 13.0. The number of halogens is 1. The lowest BCUT2D eigenvalue weighted by Gasteiger charge is -2.05. The lowest BCUT2D eigenvalue weighted by atomic mass is 10.3. The zero-order valence-electron chi connectivity index (χ0n) is 7.79. The molecule has 76 valence electrons. The Kier molecular flexibility index (Phi) is 3.91. The zero-order valence-corrected chi connectivity index (χ0v) is 7.79. The lowest BCUT2D eigenvalue weighted by molar-refractivity contribution is 0.298. The first-order valence-corrected chi connectivity index (χ1v) is 4.40. The predicted molar refractivity (Wildman–Crippen MR) is 53.0 cm³/mol. The average molecular weight is 196 g/mol. The molecule has 14 heavy (non-hydrogen) atoms. The van der Waals surface area contributed by atoms with Gasteiger partial charge in [0.1, 0.15) is 0 Å². The summed E-state index contributed by atoms with van der Waals surface area (Å²) in [5.41, 5.74) is 5.16. The standard InChI is InChI=1S/C10H13FN2O/c11-8-4-1-2-5-9(8)14-7-3-6-10(12)13/h1-2,4-5H,3,6-7H2,(H3,12,13). The van der Waals surface area contributed by atoms with E-state index in [0.717, 1.165) is 0 Å². The van der Waals surface area contributed by atoms with E-state index < -0.39 is 0 Å². The number of nitrogens with one attached hydrogen (secondary N) is 1. The van der Waals surface area contributed by atoms with Crippen molar-refractivity contribution in [1.29, 1.82) is 5.41 Å². The highest BCUT2D eigenvalue weighted by molar-refractivity contribution is 5.76. The van der Waals surface area contributed by atoms with Crippen molar-refractivity contribution in [3.8, 4) is 5.75 Å². The highest BCUT2D eigenvalue weighted by Crippen LogP contribution is 2.15. The van der Waals surface area contributed by atoms with Gasteiger partial charge in [0.2, 0.25) is 0 Å². The molecule has 0 saturated heterocycles. The Hall–Kier alpha value is -1.58. The number of ether oxygens (including phenoxy) is 1. The highest BCUT2D eigenvalue weighted by Gasteiger charge is 2.00. The predicted octanol–water partition coefficient (Wildman–Crippen LogP) is 1.92. The van der Waals surface area contributed by atoms with Crippen LogP contribution in [0.2, 0.25) is 0 Å². The summed E-state index contributed by atoms with van der Waals surface area (Å²) in [4.78, 5) is 0. The molecule has 1 rings (SSSR count). The topological polar surface area (TPSA) is 59.1 Å². The minimum atomic E-state index is -0.365. The molecule has 0 amide bonds. The van der Waals surface area contributed by atoms with Crippen LogP contribution in [0, 0.1) is 11.2 Å². The van der Waals surface area contributed by atoms with Crippen molar-refractivity contribution >= 4 is 5.84 Å². The van der Waals surface area contributed by atoms with E-state index in [2.05, 4.69) is 0 Å². The van der Waals surface area contributed by atoms with Crippen molar-refractivity contribution in [2.24, 2.45) is 5.73 Å². The van der Waals surface area contributed by atoms with Crippen LogP contribution in [0.5, 0.6) is 5.75 Å². The summed E-state index contributed by atoms with van der Waals surface area (Å²) >= 11 is 0. The van der Waals surface area contributed by atoms with Crippen LogP contribution in [0.3, 0.4) is 0 Å². The van der Waals surface area contributed by atoms with E-state index in [1.54, 1.807) is 18.2 Å².